The van der Waals surface area contributed by atoms with Gasteiger partial charge in [0.15, 0.2) is 6.10 Å². The van der Waals surface area contributed by atoms with Crippen molar-refractivity contribution in [3.05, 3.63) is 52.0 Å². The number of amides is 1. The van der Waals surface area contributed by atoms with Crippen LogP contribution in [0.4, 0.5) is 5.69 Å². The second-order valence-electron chi connectivity index (χ2n) is 7.30. The average molecular weight is 516 g/mol. The fourth-order valence-corrected chi connectivity index (χ4v) is 5.37. The molecule has 30 heavy (non-hydrogen) atoms. The first kappa shape index (κ1) is 23.1. The summed E-state index contributed by atoms with van der Waals surface area (Å²) in [5, 5.41) is 3.29. The van der Waals surface area contributed by atoms with Gasteiger partial charge in [-0.05, 0) is 78.2 Å². The number of rotatable bonds is 7. The number of halogens is 2. The van der Waals surface area contributed by atoms with Crippen LogP contribution in [0.25, 0.3) is 0 Å². The van der Waals surface area contributed by atoms with Crippen LogP contribution in [-0.4, -0.2) is 26.5 Å². The van der Waals surface area contributed by atoms with Crippen LogP contribution in [-0.2, 0) is 14.8 Å². The van der Waals surface area contributed by atoms with Gasteiger partial charge in [0.2, 0.25) is 10.0 Å². The van der Waals surface area contributed by atoms with E-state index in [1.54, 1.807) is 37.3 Å². The van der Waals surface area contributed by atoms with Gasteiger partial charge < -0.3 is 10.1 Å². The van der Waals surface area contributed by atoms with E-state index < -0.39 is 16.1 Å². The maximum Gasteiger partial charge on any atom is 0.265 e. The summed E-state index contributed by atoms with van der Waals surface area (Å²) in [6.45, 7) is 1.63. The molecule has 2 aromatic carbocycles. The number of carbonyl (C=O) groups excluding carboxylic acids is 1. The van der Waals surface area contributed by atoms with Crippen molar-refractivity contribution in [2.45, 2.75) is 56.1 Å². The number of sulfonamides is 1. The summed E-state index contributed by atoms with van der Waals surface area (Å²) in [5.41, 5.74) is 0.488. The highest BCUT2D eigenvalue weighted by Gasteiger charge is 2.22. The zero-order chi connectivity index (χ0) is 21.7. The van der Waals surface area contributed by atoms with Gasteiger partial charge >= 0.3 is 0 Å². The third-order valence-electron chi connectivity index (χ3n) is 4.93. The van der Waals surface area contributed by atoms with E-state index in [1.165, 1.54) is 12.1 Å². The van der Waals surface area contributed by atoms with E-state index in [-0.39, 0.29) is 16.8 Å². The van der Waals surface area contributed by atoms with E-state index in [0.29, 0.717) is 20.9 Å². The molecule has 0 bridgehead atoms. The van der Waals surface area contributed by atoms with Crippen molar-refractivity contribution in [2.24, 2.45) is 0 Å². The summed E-state index contributed by atoms with van der Waals surface area (Å²) >= 11 is 9.26. The Morgan fingerprint density at radius 3 is 2.43 bits per heavy atom. The van der Waals surface area contributed by atoms with Gasteiger partial charge in [0, 0.05) is 16.8 Å². The molecule has 6 nitrogen and oxygen atoms in total. The lowest BCUT2D eigenvalue weighted by molar-refractivity contribution is -0.122. The maximum absolute atomic E-state index is 12.6. The van der Waals surface area contributed by atoms with Crippen molar-refractivity contribution in [1.82, 2.24) is 4.72 Å². The summed E-state index contributed by atoms with van der Waals surface area (Å²) in [4.78, 5) is 12.6. The molecular weight excluding hydrogens is 492 g/mol. The SMILES string of the molecule is CC(Oc1ccc(Cl)cc1Br)C(=O)Nc1ccc(S(=O)(=O)NC2CCCCC2)cc1. The minimum atomic E-state index is -3.57. The third-order valence-corrected chi connectivity index (χ3v) is 7.32. The van der Waals surface area contributed by atoms with E-state index in [9.17, 15) is 13.2 Å². The Kier molecular flexibility index (Phi) is 7.79. The number of anilines is 1. The zero-order valence-corrected chi connectivity index (χ0v) is 19.7. The molecule has 2 aromatic rings. The molecule has 1 aliphatic carbocycles. The van der Waals surface area contributed by atoms with E-state index in [1.807, 2.05) is 0 Å². The van der Waals surface area contributed by atoms with Crippen LogP contribution in [0, 0.1) is 0 Å². The van der Waals surface area contributed by atoms with Crippen molar-refractivity contribution < 1.29 is 17.9 Å². The molecule has 1 aliphatic rings. The third kappa shape index (κ3) is 6.20. The summed E-state index contributed by atoms with van der Waals surface area (Å²) in [5.74, 6) is 0.144. The van der Waals surface area contributed by atoms with Gasteiger partial charge in [-0.25, -0.2) is 13.1 Å². The molecule has 1 saturated carbocycles. The largest absolute Gasteiger partial charge is 0.480 e. The molecule has 0 heterocycles. The van der Waals surface area contributed by atoms with Crippen LogP contribution in [0.1, 0.15) is 39.0 Å². The van der Waals surface area contributed by atoms with Crippen LogP contribution in [0.15, 0.2) is 51.8 Å². The highest BCUT2D eigenvalue weighted by Crippen LogP contribution is 2.29. The summed E-state index contributed by atoms with van der Waals surface area (Å²) in [7, 11) is -3.57. The van der Waals surface area contributed by atoms with Gasteiger partial charge in [-0.2, -0.15) is 0 Å². The minimum Gasteiger partial charge on any atom is -0.480 e. The van der Waals surface area contributed by atoms with E-state index in [2.05, 4.69) is 26.0 Å². The topological polar surface area (TPSA) is 84.5 Å². The Bertz CT molecular complexity index is 993. The Morgan fingerprint density at radius 2 is 1.80 bits per heavy atom. The number of nitrogens with one attached hydrogen (secondary N) is 2. The first-order valence-electron chi connectivity index (χ1n) is 9.79. The molecular formula is C21H24BrClN2O4S. The van der Waals surface area contributed by atoms with Gasteiger partial charge in [0.25, 0.3) is 5.91 Å². The number of carbonyl (C=O) groups is 1. The van der Waals surface area contributed by atoms with Gasteiger partial charge in [-0.3, -0.25) is 4.79 Å². The van der Waals surface area contributed by atoms with Crippen LogP contribution >= 0.6 is 27.5 Å². The lowest BCUT2D eigenvalue weighted by Gasteiger charge is -2.22. The molecule has 0 aliphatic heterocycles. The lowest BCUT2D eigenvalue weighted by Crippen LogP contribution is -2.36. The quantitative estimate of drug-likeness (QED) is 0.536. The van der Waals surface area contributed by atoms with Gasteiger partial charge in [0.05, 0.1) is 9.37 Å². The highest BCUT2D eigenvalue weighted by atomic mass is 79.9. The molecule has 3 rings (SSSR count). The maximum atomic E-state index is 12.6. The molecule has 0 spiro atoms. The van der Waals surface area contributed by atoms with Gasteiger partial charge in [-0.1, -0.05) is 30.9 Å². The van der Waals surface area contributed by atoms with Crippen molar-refractivity contribution in [2.75, 3.05) is 5.32 Å². The number of hydrogen-bond acceptors (Lipinski definition) is 4. The van der Waals surface area contributed by atoms with Crippen LogP contribution in [0.5, 0.6) is 5.75 Å². The molecule has 162 valence electrons. The second kappa shape index (κ2) is 10.1. The number of hydrogen-bond donors (Lipinski definition) is 2. The predicted octanol–water partition coefficient (Wildman–Crippen LogP) is 5.12. The molecule has 1 fully saturated rings. The summed E-state index contributed by atoms with van der Waals surface area (Å²) in [6, 6.07) is 11.1. The van der Waals surface area contributed by atoms with Crippen molar-refractivity contribution >= 4 is 49.1 Å². The molecule has 0 radical (unpaired) electrons. The molecule has 1 unspecified atom stereocenters. The standard InChI is InChI=1S/C21H24BrClN2O4S/c1-14(29-20-12-7-15(23)13-19(20)22)21(26)24-16-8-10-18(11-9-16)30(27,28)25-17-5-3-2-4-6-17/h7-14,17,25H,2-6H2,1H3,(H,24,26). The minimum absolute atomic E-state index is 0.00619. The van der Waals surface area contributed by atoms with Crippen LogP contribution < -0.4 is 14.8 Å². The van der Waals surface area contributed by atoms with Crippen LogP contribution in [0.3, 0.4) is 0 Å². The van der Waals surface area contributed by atoms with E-state index in [0.717, 1.165) is 32.1 Å². The fourth-order valence-electron chi connectivity index (χ4n) is 3.28. The smallest absolute Gasteiger partial charge is 0.265 e. The normalized spacial score (nSPS) is 16.1. The van der Waals surface area contributed by atoms with Crippen molar-refractivity contribution in [3.8, 4) is 5.75 Å². The Labute approximate surface area is 190 Å². The van der Waals surface area contributed by atoms with Gasteiger partial charge in [0.1, 0.15) is 5.75 Å². The second-order valence-corrected chi connectivity index (χ2v) is 10.3. The summed E-state index contributed by atoms with van der Waals surface area (Å²) < 4.78 is 34.2. The highest BCUT2D eigenvalue weighted by molar-refractivity contribution is 9.10. The fraction of sp³-hybridized carbons (Fsp3) is 0.381. The molecule has 0 aromatic heterocycles. The van der Waals surface area contributed by atoms with E-state index in [4.69, 9.17) is 16.3 Å². The number of benzene rings is 2. The van der Waals surface area contributed by atoms with Crippen LogP contribution in [0.2, 0.25) is 5.02 Å². The van der Waals surface area contributed by atoms with Gasteiger partial charge in [-0.15, -0.1) is 0 Å². The first-order chi connectivity index (χ1) is 14.2. The monoisotopic (exact) mass is 514 g/mol. The van der Waals surface area contributed by atoms with Crippen molar-refractivity contribution in [1.29, 1.82) is 0 Å². The zero-order valence-electron chi connectivity index (χ0n) is 16.5. The molecule has 1 atom stereocenters. The van der Waals surface area contributed by atoms with E-state index >= 15 is 0 Å². The molecule has 2 N–H and O–H groups in total. The Balaban J connectivity index is 1.59. The predicted molar refractivity (Wildman–Crippen MR) is 122 cm³/mol. The summed E-state index contributed by atoms with van der Waals surface area (Å²) in [6.07, 6.45) is 4.22. The Morgan fingerprint density at radius 1 is 1.13 bits per heavy atom. The lowest BCUT2D eigenvalue weighted by atomic mass is 9.96. The number of ether oxygens (including phenoxy) is 1. The van der Waals surface area contributed by atoms with Crippen molar-refractivity contribution in [3.63, 3.8) is 0 Å². The Hall–Kier alpha value is -1.61. The molecule has 0 saturated heterocycles. The average Bonchev–Trinajstić information content (AvgIpc) is 2.71. The molecule has 9 heteroatoms. The molecule has 1 amide bonds. The first-order valence-corrected chi connectivity index (χ1v) is 12.4.